The van der Waals surface area contributed by atoms with Gasteiger partial charge in [-0.2, -0.15) is 10.4 Å². The summed E-state index contributed by atoms with van der Waals surface area (Å²) < 4.78 is 12.3. The molecule has 0 radical (unpaired) electrons. The van der Waals surface area contributed by atoms with Crippen LogP contribution in [0.25, 0.3) is 0 Å². The number of hydrogen-bond donors (Lipinski definition) is 1. The lowest BCUT2D eigenvalue weighted by Gasteiger charge is -2.05. The molecule has 0 aliphatic carbocycles. The molecule has 0 aliphatic rings. The molecule has 0 fully saturated rings. The molecule has 0 saturated carbocycles. The molecule has 138 valence electrons. The third-order valence-electron chi connectivity index (χ3n) is 3.57. The summed E-state index contributed by atoms with van der Waals surface area (Å²) in [4.78, 5) is 11.8. The molecule has 0 saturated heterocycles. The minimum atomic E-state index is -0.232. The van der Waals surface area contributed by atoms with Crippen molar-refractivity contribution in [2.45, 2.75) is 26.3 Å². The van der Waals surface area contributed by atoms with Crippen LogP contribution in [0.4, 0.5) is 5.69 Å². The zero-order valence-corrected chi connectivity index (χ0v) is 15.0. The number of unbranched alkanes of at least 4 members (excludes halogenated alkanes) is 1. The third-order valence-corrected chi connectivity index (χ3v) is 3.57. The van der Waals surface area contributed by atoms with Crippen molar-refractivity contribution in [3.8, 4) is 6.07 Å². The molecule has 1 N–H and O–H groups in total. The lowest BCUT2D eigenvalue weighted by Crippen LogP contribution is -2.19. The number of ether oxygens (including phenoxy) is 2. The second kappa shape index (κ2) is 11.0. The number of benzene rings is 1. The Morgan fingerprint density at radius 2 is 2.15 bits per heavy atom. The van der Waals surface area contributed by atoms with Crippen LogP contribution in [0.2, 0.25) is 0 Å². The molecule has 26 heavy (non-hydrogen) atoms. The molecule has 2 rings (SSSR count). The maximum Gasteiger partial charge on any atom is 0.250 e. The van der Waals surface area contributed by atoms with Crippen molar-refractivity contribution in [2.24, 2.45) is 0 Å². The molecule has 0 bridgehead atoms. The first kappa shape index (κ1) is 19.6. The van der Waals surface area contributed by atoms with E-state index in [1.54, 1.807) is 23.1 Å². The molecule has 7 nitrogen and oxygen atoms in total. The van der Waals surface area contributed by atoms with Crippen LogP contribution in [-0.2, 0) is 20.8 Å². The van der Waals surface area contributed by atoms with Gasteiger partial charge in [-0.1, -0.05) is 25.5 Å². The summed E-state index contributed by atoms with van der Waals surface area (Å²) in [6.45, 7) is 4.22. The van der Waals surface area contributed by atoms with E-state index in [0.29, 0.717) is 31.0 Å². The molecular weight excluding hydrogens is 332 g/mol. The van der Waals surface area contributed by atoms with Gasteiger partial charge in [-0.15, -0.1) is 0 Å². The molecule has 0 aliphatic heterocycles. The first-order valence-corrected chi connectivity index (χ1v) is 8.68. The topological polar surface area (TPSA) is 89.2 Å². The van der Waals surface area contributed by atoms with Gasteiger partial charge in [0, 0.05) is 12.8 Å². The lowest BCUT2D eigenvalue weighted by molar-refractivity contribution is -0.121. The fourth-order valence-corrected chi connectivity index (χ4v) is 2.27. The van der Waals surface area contributed by atoms with E-state index in [0.717, 1.165) is 25.0 Å². The largest absolute Gasteiger partial charge is 0.379 e. The summed E-state index contributed by atoms with van der Waals surface area (Å²) in [6.07, 6.45) is 5.46. The van der Waals surface area contributed by atoms with Crippen molar-refractivity contribution in [1.82, 2.24) is 9.78 Å². The molecule has 7 heteroatoms. The predicted molar refractivity (Wildman–Crippen MR) is 97.7 cm³/mol. The SMILES string of the molecule is CCCCOCCOCC(=O)Nc1cnn(Cc2cccc(C#N)c2)c1. The summed E-state index contributed by atoms with van der Waals surface area (Å²) >= 11 is 0. The molecule has 1 amide bonds. The van der Waals surface area contributed by atoms with Crippen LogP contribution in [-0.4, -0.2) is 42.1 Å². The molecule has 0 unspecified atom stereocenters. The number of amides is 1. The van der Waals surface area contributed by atoms with E-state index in [2.05, 4.69) is 23.4 Å². The second-order valence-electron chi connectivity index (χ2n) is 5.81. The smallest absolute Gasteiger partial charge is 0.250 e. The van der Waals surface area contributed by atoms with E-state index >= 15 is 0 Å². The molecule has 0 atom stereocenters. The van der Waals surface area contributed by atoms with Crippen LogP contribution in [0.15, 0.2) is 36.7 Å². The first-order chi connectivity index (χ1) is 12.7. The van der Waals surface area contributed by atoms with Gasteiger partial charge in [0.05, 0.1) is 43.3 Å². The Bertz CT molecular complexity index is 736. The van der Waals surface area contributed by atoms with E-state index in [9.17, 15) is 4.79 Å². The van der Waals surface area contributed by atoms with Gasteiger partial charge in [0.2, 0.25) is 5.91 Å². The highest BCUT2D eigenvalue weighted by Crippen LogP contribution is 2.09. The van der Waals surface area contributed by atoms with Crippen molar-refractivity contribution < 1.29 is 14.3 Å². The molecule has 1 aromatic heterocycles. The summed E-state index contributed by atoms with van der Waals surface area (Å²) in [5.41, 5.74) is 2.18. The van der Waals surface area contributed by atoms with Crippen molar-refractivity contribution in [3.63, 3.8) is 0 Å². The molecule has 2 aromatic rings. The number of aromatic nitrogens is 2. The monoisotopic (exact) mass is 356 g/mol. The number of nitriles is 1. The van der Waals surface area contributed by atoms with Crippen molar-refractivity contribution in [1.29, 1.82) is 5.26 Å². The standard InChI is InChI=1S/C19H24N4O3/c1-2-3-7-25-8-9-26-15-19(24)22-18-12-21-23(14-18)13-17-6-4-5-16(10-17)11-20/h4-6,10,12,14H,2-3,7-9,13,15H2,1H3,(H,22,24). The van der Waals surface area contributed by atoms with Gasteiger partial charge in [0.15, 0.2) is 0 Å². The van der Waals surface area contributed by atoms with E-state index < -0.39 is 0 Å². The van der Waals surface area contributed by atoms with Crippen LogP contribution in [0, 0.1) is 11.3 Å². The quantitative estimate of drug-likeness (QED) is 0.625. The maximum atomic E-state index is 11.8. The number of nitrogens with one attached hydrogen (secondary N) is 1. The number of anilines is 1. The summed E-state index contributed by atoms with van der Waals surface area (Å²) in [5, 5.41) is 15.9. The van der Waals surface area contributed by atoms with Crippen LogP contribution in [0.1, 0.15) is 30.9 Å². The summed E-state index contributed by atoms with van der Waals surface area (Å²) in [7, 11) is 0. The first-order valence-electron chi connectivity index (χ1n) is 8.68. The number of rotatable bonds is 11. The Morgan fingerprint density at radius 3 is 2.96 bits per heavy atom. The Balaban J connectivity index is 1.70. The highest BCUT2D eigenvalue weighted by molar-refractivity contribution is 5.91. The molecule has 1 aromatic carbocycles. The lowest BCUT2D eigenvalue weighted by atomic mass is 10.1. The third kappa shape index (κ3) is 7.05. The van der Waals surface area contributed by atoms with Gasteiger partial charge in [-0.05, 0) is 24.1 Å². The van der Waals surface area contributed by atoms with Crippen molar-refractivity contribution >= 4 is 11.6 Å². The van der Waals surface area contributed by atoms with Crippen LogP contribution in [0.3, 0.4) is 0 Å². The zero-order chi connectivity index (χ0) is 18.6. The van der Waals surface area contributed by atoms with Gasteiger partial charge >= 0.3 is 0 Å². The van der Waals surface area contributed by atoms with E-state index in [-0.39, 0.29) is 12.5 Å². The fraction of sp³-hybridized carbons (Fsp3) is 0.421. The number of carbonyl (C=O) groups excluding carboxylic acids is 1. The van der Waals surface area contributed by atoms with Gasteiger partial charge in [-0.25, -0.2) is 0 Å². The van der Waals surface area contributed by atoms with Crippen molar-refractivity contribution in [3.05, 3.63) is 47.8 Å². The number of nitrogens with zero attached hydrogens (tertiary/aromatic N) is 3. The minimum Gasteiger partial charge on any atom is -0.379 e. The summed E-state index contributed by atoms with van der Waals surface area (Å²) in [6, 6.07) is 9.45. The second-order valence-corrected chi connectivity index (χ2v) is 5.81. The average Bonchev–Trinajstić information content (AvgIpc) is 3.07. The predicted octanol–water partition coefficient (Wildman–Crippen LogP) is 2.57. The van der Waals surface area contributed by atoms with Crippen LogP contribution < -0.4 is 5.32 Å². The normalized spacial score (nSPS) is 10.5. The van der Waals surface area contributed by atoms with Gasteiger partial charge in [-0.3, -0.25) is 9.48 Å². The number of hydrogen-bond acceptors (Lipinski definition) is 5. The van der Waals surface area contributed by atoms with Crippen LogP contribution in [0.5, 0.6) is 0 Å². The zero-order valence-electron chi connectivity index (χ0n) is 15.0. The highest BCUT2D eigenvalue weighted by atomic mass is 16.5. The van der Waals surface area contributed by atoms with Gasteiger partial charge < -0.3 is 14.8 Å². The minimum absolute atomic E-state index is 0.0213. The maximum absolute atomic E-state index is 11.8. The van der Waals surface area contributed by atoms with E-state index in [1.807, 2.05) is 18.2 Å². The average molecular weight is 356 g/mol. The van der Waals surface area contributed by atoms with Gasteiger partial charge in [0.25, 0.3) is 0 Å². The van der Waals surface area contributed by atoms with Crippen LogP contribution >= 0.6 is 0 Å². The Hall–Kier alpha value is -2.69. The Kier molecular flexibility index (Phi) is 8.33. The fourth-order valence-electron chi connectivity index (χ4n) is 2.27. The number of carbonyl (C=O) groups is 1. The van der Waals surface area contributed by atoms with Gasteiger partial charge in [0.1, 0.15) is 6.61 Å². The highest BCUT2D eigenvalue weighted by Gasteiger charge is 2.06. The van der Waals surface area contributed by atoms with E-state index in [4.69, 9.17) is 14.7 Å². The molecule has 1 heterocycles. The molecule has 0 spiro atoms. The molecular formula is C19H24N4O3. The van der Waals surface area contributed by atoms with E-state index in [1.165, 1.54) is 0 Å². The van der Waals surface area contributed by atoms with Crippen molar-refractivity contribution in [2.75, 3.05) is 31.7 Å². The Morgan fingerprint density at radius 1 is 1.31 bits per heavy atom. The summed E-state index contributed by atoms with van der Waals surface area (Å²) in [5.74, 6) is -0.232. The Labute approximate surface area is 153 Å².